The van der Waals surface area contributed by atoms with Gasteiger partial charge in [-0.15, -0.1) is 0 Å². The Hall–Kier alpha value is -0.610. The van der Waals surface area contributed by atoms with Crippen LogP contribution in [-0.4, -0.2) is 47.3 Å². The minimum absolute atomic E-state index is 0.0988. The van der Waals surface area contributed by atoms with E-state index in [2.05, 4.69) is 20.8 Å². The molecule has 18 heavy (non-hydrogen) atoms. The van der Waals surface area contributed by atoms with Crippen LogP contribution in [0.3, 0.4) is 0 Å². The summed E-state index contributed by atoms with van der Waals surface area (Å²) in [6.07, 6.45) is 3.56. The number of likely N-dealkylation sites (tertiary alicyclic amines) is 1. The van der Waals surface area contributed by atoms with Crippen LogP contribution in [0.25, 0.3) is 0 Å². The molecule has 1 N–H and O–H groups in total. The number of aliphatic hydroxyl groups excluding tert-OH is 1. The number of aliphatic hydroxyl groups is 1. The molecule has 0 atom stereocenters. The highest BCUT2D eigenvalue weighted by Crippen LogP contribution is 2.19. The third kappa shape index (κ3) is 4.58. The van der Waals surface area contributed by atoms with Crippen LogP contribution in [0.1, 0.15) is 52.9 Å². The Labute approximate surface area is 110 Å². The number of hydrogen-bond donors (Lipinski definition) is 1. The number of amides is 1. The minimum atomic E-state index is -0.228. The number of nitrogens with zero attached hydrogens (tertiary/aromatic N) is 1. The Bertz CT molecular complexity index is 256. The van der Waals surface area contributed by atoms with Crippen LogP contribution in [0.2, 0.25) is 0 Å². The molecular weight excluding hydrogens is 230 g/mol. The summed E-state index contributed by atoms with van der Waals surface area (Å²) < 4.78 is 5.81. The monoisotopic (exact) mass is 257 g/mol. The van der Waals surface area contributed by atoms with Gasteiger partial charge in [-0.05, 0) is 32.6 Å². The van der Waals surface area contributed by atoms with Gasteiger partial charge in [0.1, 0.15) is 0 Å². The standard InChI is InChI=1S/C14H27NO3/c1-4-14(3,5-2)18-11-8-13(17)15-9-6-12(16)7-10-15/h12,16H,4-11H2,1-3H3. The van der Waals surface area contributed by atoms with Gasteiger partial charge in [-0.25, -0.2) is 0 Å². The number of hydrogen-bond acceptors (Lipinski definition) is 3. The summed E-state index contributed by atoms with van der Waals surface area (Å²) in [5, 5.41) is 9.39. The van der Waals surface area contributed by atoms with Gasteiger partial charge in [-0.1, -0.05) is 13.8 Å². The summed E-state index contributed by atoms with van der Waals surface area (Å²) in [4.78, 5) is 13.8. The fourth-order valence-corrected chi connectivity index (χ4v) is 2.11. The zero-order chi connectivity index (χ0) is 13.6. The van der Waals surface area contributed by atoms with E-state index in [9.17, 15) is 9.90 Å². The quantitative estimate of drug-likeness (QED) is 0.791. The van der Waals surface area contributed by atoms with E-state index in [4.69, 9.17) is 4.74 Å². The van der Waals surface area contributed by atoms with E-state index >= 15 is 0 Å². The lowest BCUT2D eigenvalue weighted by atomic mass is 10.0. The van der Waals surface area contributed by atoms with Crippen molar-refractivity contribution < 1.29 is 14.6 Å². The molecule has 1 saturated heterocycles. The SMILES string of the molecule is CCC(C)(CC)OCCC(=O)N1CCC(O)CC1. The van der Waals surface area contributed by atoms with Crippen molar-refractivity contribution in [3.8, 4) is 0 Å². The van der Waals surface area contributed by atoms with E-state index in [1.165, 1.54) is 0 Å². The number of carbonyl (C=O) groups is 1. The Morgan fingerprint density at radius 2 is 1.89 bits per heavy atom. The van der Waals surface area contributed by atoms with E-state index in [0.29, 0.717) is 39.0 Å². The number of piperidine rings is 1. The molecule has 1 rings (SSSR count). The molecule has 106 valence electrons. The second-order valence-corrected chi connectivity index (χ2v) is 5.37. The second-order valence-electron chi connectivity index (χ2n) is 5.37. The molecule has 4 nitrogen and oxygen atoms in total. The second kappa shape index (κ2) is 7.10. The summed E-state index contributed by atoms with van der Waals surface area (Å²) in [7, 11) is 0. The van der Waals surface area contributed by atoms with Gasteiger partial charge in [0.05, 0.1) is 24.7 Å². The van der Waals surface area contributed by atoms with Gasteiger partial charge < -0.3 is 14.7 Å². The maximum absolute atomic E-state index is 11.9. The molecule has 0 aromatic carbocycles. The Morgan fingerprint density at radius 1 is 1.33 bits per heavy atom. The van der Waals surface area contributed by atoms with E-state index < -0.39 is 0 Å². The first-order valence-electron chi connectivity index (χ1n) is 7.10. The molecule has 0 saturated carbocycles. The molecule has 4 heteroatoms. The molecule has 1 aliphatic rings. The van der Waals surface area contributed by atoms with E-state index in [0.717, 1.165) is 12.8 Å². The highest BCUT2D eigenvalue weighted by molar-refractivity contribution is 5.76. The topological polar surface area (TPSA) is 49.8 Å². The van der Waals surface area contributed by atoms with Gasteiger partial charge in [-0.2, -0.15) is 0 Å². The highest BCUT2D eigenvalue weighted by Gasteiger charge is 2.23. The fourth-order valence-electron chi connectivity index (χ4n) is 2.11. The van der Waals surface area contributed by atoms with E-state index in [-0.39, 0.29) is 17.6 Å². The van der Waals surface area contributed by atoms with Gasteiger partial charge >= 0.3 is 0 Å². The highest BCUT2D eigenvalue weighted by atomic mass is 16.5. The van der Waals surface area contributed by atoms with Crippen LogP contribution >= 0.6 is 0 Å². The van der Waals surface area contributed by atoms with Crippen LogP contribution in [-0.2, 0) is 9.53 Å². The summed E-state index contributed by atoms with van der Waals surface area (Å²) in [6.45, 7) is 8.16. The summed E-state index contributed by atoms with van der Waals surface area (Å²) >= 11 is 0. The van der Waals surface area contributed by atoms with Crippen molar-refractivity contribution in [2.45, 2.75) is 64.6 Å². The van der Waals surface area contributed by atoms with Gasteiger partial charge in [0.25, 0.3) is 0 Å². The first-order valence-corrected chi connectivity index (χ1v) is 7.10. The lowest BCUT2D eigenvalue weighted by molar-refractivity contribution is -0.136. The molecule has 1 amide bonds. The number of ether oxygens (including phenoxy) is 1. The molecule has 0 unspecified atom stereocenters. The minimum Gasteiger partial charge on any atom is -0.393 e. The summed E-state index contributed by atoms with van der Waals surface area (Å²) in [5.41, 5.74) is -0.0988. The molecule has 1 fully saturated rings. The van der Waals surface area contributed by atoms with Crippen molar-refractivity contribution in [3.05, 3.63) is 0 Å². The lowest BCUT2D eigenvalue weighted by Crippen LogP contribution is -2.40. The molecule has 0 aromatic heterocycles. The molecule has 0 radical (unpaired) electrons. The maximum Gasteiger partial charge on any atom is 0.224 e. The normalized spacial score (nSPS) is 18.1. The molecule has 0 bridgehead atoms. The van der Waals surface area contributed by atoms with Crippen molar-refractivity contribution in [3.63, 3.8) is 0 Å². The van der Waals surface area contributed by atoms with Crippen molar-refractivity contribution >= 4 is 5.91 Å². The average molecular weight is 257 g/mol. The molecule has 1 aliphatic heterocycles. The van der Waals surface area contributed by atoms with Gasteiger partial charge in [-0.3, -0.25) is 4.79 Å². The van der Waals surface area contributed by atoms with Crippen LogP contribution in [0, 0.1) is 0 Å². The molecule has 1 heterocycles. The van der Waals surface area contributed by atoms with Crippen molar-refractivity contribution in [1.82, 2.24) is 4.90 Å². The Balaban J connectivity index is 2.25. The molecule has 0 spiro atoms. The third-order valence-electron chi connectivity index (χ3n) is 4.08. The fraction of sp³-hybridized carbons (Fsp3) is 0.929. The smallest absolute Gasteiger partial charge is 0.224 e. The molecular formula is C14H27NO3. The first-order chi connectivity index (χ1) is 8.50. The van der Waals surface area contributed by atoms with E-state index in [1.807, 2.05) is 4.90 Å². The zero-order valence-electron chi connectivity index (χ0n) is 11.9. The third-order valence-corrected chi connectivity index (χ3v) is 4.08. The maximum atomic E-state index is 11.9. The Morgan fingerprint density at radius 3 is 2.39 bits per heavy atom. The van der Waals surface area contributed by atoms with Crippen molar-refractivity contribution in [2.24, 2.45) is 0 Å². The van der Waals surface area contributed by atoms with Crippen molar-refractivity contribution in [2.75, 3.05) is 19.7 Å². The zero-order valence-corrected chi connectivity index (χ0v) is 11.9. The summed E-state index contributed by atoms with van der Waals surface area (Å²) in [6, 6.07) is 0. The average Bonchev–Trinajstić information content (AvgIpc) is 2.39. The molecule has 0 aliphatic carbocycles. The van der Waals surface area contributed by atoms with Crippen LogP contribution in [0.15, 0.2) is 0 Å². The molecule has 0 aromatic rings. The van der Waals surface area contributed by atoms with Crippen molar-refractivity contribution in [1.29, 1.82) is 0 Å². The number of carbonyl (C=O) groups excluding carboxylic acids is 1. The van der Waals surface area contributed by atoms with Crippen LogP contribution in [0.4, 0.5) is 0 Å². The van der Waals surface area contributed by atoms with Gasteiger partial charge in [0, 0.05) is 13.1 Å². The van der Waals surface area contributed by atoms with Gasteiger partial charge in [0.2, 0.25) is 5.91 Å². The predicted octanol–water partition coefficient (Wildman–Crippen LogP) is 1.96. The van der Waals surface area contributed by atoms with Gasteiger partial charge in [0.15, 0.2) is 0 Å². The first kappa shape index (κ1) is 15.4. The van der Waals surface area contributed by atoms with Crippen LogP contribution in [0.5, 0.6) is 0 Å². The predicted molar refractivity (Wildman–Crippen MR) is 71.4 cm³/mol. The largest absolute Gasteiger partial charge is 0.393 e. The number of rotatable bonds is 6. The Kier molecular flexibility index (Phi) is 6.09. The van der Waals surface area contributed by atoms with Crippen LogP contribution < -0.4 is 0 Å². The van der Waals surface area contributed by atoms with E-state index in [1.54, 1.807) is 0 Å². The lowest BCUT2D eigenvalue weighted by Gasteiger charge is -2.31. The summed E-state index contributed by atoms with van der Waals surface area (Å²) in [5.74, 6) is 0.149.